The van der Waals surface area contributed by atoms with E-state index in [0.29, 0.717) is 11.1 Å². The van der Waals surface area contributed by atoms with E-state index in [0.717, 1.165) is 12.8 Å². The second-order valence-electron chi connectivity index (χ2n) is 3.76. The van der Waals surface area contributed by atoms with Crippen LogP contribution in [0.3, 0.4) is 0 Å². The normalized spacial score (nSPS) is 10.2. The van der Waals surface area contributed by atoms with Gasteiger partial charge in [-0.1, -0.05) is 32.8 Å². The summed E-state index contributed by atoms with van der Waals surface area (Å²) in [5.74, 6) is 0.0141. The van der Waals surface area contributed by atoms with Crippen molar-refractivity contribution in [3.8, 4) is 0 Å². The van der Waals surface area contributed by atoms with Crippen LogP contribution in [0.25, 0.3) is 0 Å². The lowest BCUT2D eigenvalue weighted by atomic mass is 10.0. The van der Waals surface area contributed by atoms with Crippen LogP contribution in [-0.4, -0.2) is 5.78 Å². The second-order valence-corrected chi connectivity index (χ2v) is 3.76. The average molecular weight is 206 g/mol. The first-order valence-corrected chi connectivity index (χ1v) is 5.50. The third-order valence-corrected chi connectivity index (χ3v) is 2.44. The molecule has 0 saturated carbocycles. The Hall–Kier alpha value is -1.31. The number of carbonyl (C=O) groups excluding carboxylic acids is 1. The first-order chi connectivity index (χ1) is 7.25. The lowest BCUT2D eigenvalue weighted by molar-refractivity contribution is 0.103. The van der Waals surface area contributed by atoms with Gasteiger partial charge in [0.1, 0.15) is 6.26 Å². The van der Waals surface area contributed by atoms with Crippen LogP contribution in [0, 0.1) is 0 Å². The molecule has 1 rings (SSSR count). The number of ketones is 1. The van der Waals surface area contributed by atoms with E-state index in [-0.39, 0.29) is 5.78 Å². The van der Waals surface area contributed by atoms with Crippen molar-refractivity contribution in [1.29, 1.82) is 0 Å². The SMILES string of the molecule is C=C(CCCCCC)C(=O)c1ccoc1. The van der Waals surface area contributed by atoms with Crippen LogP contribution in [-0.2, 0) is 0 Å². The Kier molecular flexibility index (Phi) is 4.88. The predicted octanol–water partition coefficient (Wildman–Crippen LogP) is 3.99. The zero-order chi connectivity index (χ0) is 11.1. The van der Waals surface area contributed by atoms with Gasteiger partial charge in [0.2, 0.25) is 0 Å². The molecule has 0 saturated heterocycles. The first kappa shape index (κ1) is 11.8. The fraction of sp³-hybridized carbons (Fsp3) is 0.462. The van der Waals surface area contributed by atoms with Crippen molar-refractivity contribution in [2.75, 3.05) is 0 Å². The van der Waals surface area contributed by atoms with E-state index in [1.807, 2.05) is 0 Å². The number of furan rings is 1. The molecule has 1 aromatic heterocycles. The van der Waals surface area contributed by atoms with E-state index in [1.54, 1.807) is 6.07 Å². The molecule has 2 nitrogen and oxygen atoms in total. The molecule has 15 heavy (non-hydrogen) atoms. The minimum absolute atomic E-state index is 0.0141. The van der Waals surface area contributed by atoms with E-state index in [4.69, 9.17) is 4.42 Å². The summed E-state index contributed by atoms with van der Waals surface area (Å²) >= 11 is 0. The molecule has 0 bridgehead atoms. The third-order valence-electron chi connectivity index (χ3n) is 2.44. The predicted molar refractivity (Wildman–Crippen MR) is 60.9 cm³/mol. The molecule has 0 aliphatic carbocycles. The summed E-state index contributed by atoms with van der Waals surface area (Å²) < 4.78 is 4.87. The standard InChI is InChI=1S/C13H18O2/c1-3-4-5-6-7-11(2)13(14)12-8-9-15-10-12/h8-10H,2-7H2,1H3. The van der Waals surface area contributed by atoms with E-state index in [2.05, 4.69) is 13.5 Å². The summed E-state index contributed by atoms with van der Waals surface area (Å²) in [5.41, 5.74) is 1.29. The highest BCUT2D eigenvalue weighted by molar-refractivity contribution is 6.07. The summed E-state index contributed by atoms with van der Waals surface area (Å²) in [7, 11) is 0. The summed E-state index contributed by atoms with van der Waals surface area (Å²) in [5, 5.41) is 0. The Morgan fingerprint density at radius 2 is 2.20 bits per heavy atom. The van der Waals surface area contributed by atoms with Crippen LogP contribution in [0.5, 0.6) is 0 Å². The van der Waals surface area contributed by atoms with Crippen LogP contribution < -0.4 is 0 Å². The van der Waals surface area contributed by atoms with Gasteiger partial charge in [0.25, 0.3) is 0 Å². The summed E-state index contributed by atoms with van der Waals surface area (Å²) in [6.45, 7) is 5.99. The van der Waals surface area contributed by atoms with Crippen LogP contribution >= 0.6 is 0 Å². The largest absolute Gasteiger partial charge is 0.472 e. The number of unbranched alkanes of at least 4 members (excludes halogenated alkanes) is 3. The van der Waals surface area contributed by atoms with E-state index in [1.165, 1.54) is 31.8 Å². The van der Waals surface area contributed by atoms with Crippen LogP contribution in [0.15, 0.2) is 35.2 Å². The Balaban J connectivity index is 2.31. The van der Waals surface area contributed by atoms with Crippen molar-refractivity contribution in [3.63, 3.8) is 0 Å². The van der Waals surface area contributed by atoms with Gasteiger partial charge in [-0.05, 0) is 24.5 Å². The van der Waals surface area contributed by atoms with Crippen molar-refractivity contribution in [2.24, 2.45) is 0 Å². The highest BCUT2D eigenvalue weighted by atomic mass is 16.3. The number of allylic oxidation sites excluding steroid dienone is 1. The molecule has 82 valence electrons. The lowest BCUT2D eigenvalue weighted by Crippen LogP contribution is -2.00. The summed E-state index contributed by atoms with van der Waals surface area (Å²) in [6, 6.07) is 1.68. The zero-order valence-electron chi connectivity index (χ0n) is 9.29. The molecule has 0 aliphatic rings. The molecular formula is C13H18O2. The van der Waals surface area contributed by atoms with Gasteiger partial charge in [0.05, 0.1) is 11.8 Å². The van der Waals surface area contributed by atoms with Gasteiger partial charge >= 0.3 is 0 Å². The minimum Gasteiger partial charge on any atom is -0.472 e. The topological polar surface area (TPSA) is 30.2 Å². The highest BCUT2D eigenvalue weighted by Gasteiger charge is 2.10. The van der Waals surface area contributed by atoms with Gasteiger partial charge in [-0.25, -0.2) is 0 Å². The maximum atomic E-state index is 11.7. The molecule has 1 heterocycles. The number of hydrogen-bond acceptors (Lipinski definition) is 2. The van der Waals surface area contributed by atoms with E-state index < -0.39 is 0 Å². The van der Waals surface area contributed by atoms with Crippen LogP contribution in [0.1, 0.15) is 49.4 Å². The summed E-state index contributed by atoms with van der Waals surface area (Å²) in [6.07, 6.45) is 8.45. The molecule has 1 aromatic rings. The van der Waals surface area contributed by atoms with Gasteiger partial charge in [-0.3, -0.25) is 4.79 Å². The van der Waals surface area contributed by atoms with Crippen LogP contribution in [0.4, 0.5) is 0 Å². The van der Waals surface area contributed by atoms with Gasteiger partial charge in [-0.15, -0.1) is 0 Å². The van der Waals surface area contributed by atoms with Crippen LogP contribution in [0.2, 0.25) is 0 Å². The molecule has 0 N–H and O–H groups in total. The Bertz CT molecular complexity index is 309. The van der Waals surface area contributed by atoms with Crippen molar-refractivity contribution in [1.82, 2.24) is 0 Å². The highest BCUT2D eigenvalue weighted by Crippen LogP contribution is 2.14. The first-order valence-electron chi connectivity index (χ1n) is 5.50. The molecule has 2 heteroatoms. The fourth-order valence-corrected chi connectivity index (χ4v) is 1.48. The summed E-state index contributed by atoms with van der Waals surface area (Å²) in [4.78, 5) is 11.7. The Labute approximate surface area is 91.0 Å². The molecular weight excluding hydrogens is 188 g/mol. The smallest absolute Gasteiger partial charge is 0.191 e. The minimum atomic E-state index is 0.0141. The number of rotatable bonds is 7. The quantitative estimate of drug-likeness (QED) is 0.383. The number of carbonyl (C=O) groups is 1. The number of Topliss-reactive ketones (excluding diaryl/α,β-unsaturated/α-hetero) is 1. The van der Waals surface area contributed by atoms with Crippen molar-refractivity contribution < 1.29 is 9.21 Å². The Morgan fingerprint density at radius 3 is 2.80 bits per heavy atom. The molecule has 0 unspecified atom stereocenters. The van der Waals surface area contributed by atoms with Crippen molar-refractivity contribution in [3.05, 3.63) is 36.3 Å². The monoisotopic (exact) mass is 206 g/mol. The molecule has 0 spiro atoms. The second kappa shape index (κ2) is 6.23. The van der Waals surface area contributed by atoms with Gasteiger partial charge in [-0.2, -0.15) is 0 Å². The maximum Gasteiger partial charge on any atom is 0.191 e. The average Bonchev–Trinajstić information content (AvgIpc) is 2.76. The lowest BCUT2D eigenvalue weighted by Gasteiger charge is -2.02. The Morgan fingerprint density at radius 1 is 1.40 bits per heavy atom. The van der Waals surface area contributed by atoms with Crippen molar-refractivity contribution >= 4 is 5.78 Å². The maximum absolute atomic E-state index is 11.7. The zero-order valence-corrected chi connectivity index (χ0v) is 9.29. The molecule has 0 amide bonds. The van der Waals surface area contributed by atoms with Crippen molar-refractivity contribution in [2.45, 2.75) is 39.0 Å². The fourth-order valence-electron chi connectivity index (χ4n) is 1.48. The van der Waals surface area contributed by atoms with E-state index in [9.17, 15) is 4.79 Å². The molecule has 0 fully saturated rings. The van der Waals surface area contributed by atoms with Gasteiger partial charge in [0, 0.05) is 0 Å². The molecule has 0 aliphatic heterocycles. The molecule has 0 radical (unpaired) electrons. The van der Waals surface area contributed by atoms with E-state index >= 15 is 0 Å². The molecule has 0 atom stereocenters. The van der Waals surface area contributed by atoms with Gasteiger partial charge < -0.3 is 4.42 Å². The third kappa shape index (κ3) is 3.74. The number of hydrogen-bond donors (Lipinski definition) is 0. The molecule has 0 aromatic carbocycles. The van der Waals surface area contributed by atoms with Gasteiger partial charge in [0.15, 0.2) is 5.78 Å².